The van der Waals surface area contributed by atoms with Crippen LogP contribution in [-0.2, 0) is 11.2 Å². The average molecular weight is 393 g/mol. The largest absolute Gasteiger partial charge is 0.353 e. The number of nitrogens with zero attached hydrogens (tertiary/aromatic N) is 3. The highest BCUT2D eigenvalue weighted by Gasteiger charge is 2.25. The molecule has 1 aromatic heterocycles. The molecule has 0 fully saturated rings. The third-order valence-electron chi connectivity index (χ3n) is 4.02. The maximum atomic E-state index is 13.6. The van der Waals surface area contributed by atoms with Crippen LogP contribution in [0, 0.1) is 5.82 Å². The molecule has 1 heterocycles. The van der Waals surface area contributed by atoms with Crippen LogP contribution in [0.1, 0.15) is 43.1 Å². The molecular formula is C17H20FN5O3S. The van der Waals surface area contributed by atoms with Crippen molar-refractivity contribution in [3.05, 3.63) is 40.8 Å². The zero-order valence-electron chi connectivity index (χ0n) is 14.9. The van der Waals surface area contributed by atoms with Crippen LogP contribution >= 0.6 is 11.8 Å². The molecule has 1 amide bonds. The topological polar surface area (TPSA) is 113 Å². The molecule has 10 heteroatoms. The number of fused-ring (bicyclic) bond motifs is 1. The zero-order valence-corrected chi connectivity index (χ0v) is 15.7. The van der Waals surface area contributed by atoms with Crippen molar-refractivity contribution < 1.29 is 19.0 Å². The van der Waals surface area contributed by atoms with Crippen LogP contribution in [0.2, 0.25) is 0 Å². The second kappa shape index (κ2) is 8.49. The molecule has 0 saturated heterocycles. The van der Waals surface area contributed by atoms with Crippen LogP contribution < -0.4 is 10.8 Å². The number of amides is 1. The number of aryl methyl sites for hydroxylation is 1. The van der Waals surface area contributed by atoms with Crippen LogP contribution in [0.5, 0.6) is 0 Å². The number of nitrogens with one attached hydrogen (secondary N) is 2. The van der Waals surface area contributed by atoms with E-state index < -0.39 is 0 Å². The lowest BCUT2D eigenvalue weighted by atomic mass is 10.1. The second-order valence-electron chi connectivity index (χ2n) is 6.42. The first-order chi connectivity index (χ1) is 13.0. The van der Waals surface area contributed by atoms with Gasteiger partial charge in [0, 0.05) is 6.04 Å². The summed E-state index contributed by atoms with van der Waals surface area (Å²) in [4.78, 5) is 16.3. The number of hydrogen-bond acceptors (Lipinski definition) is 7. The summed E-state index contributed by atoms with van der Waals surface area (Å²) in [6.45, 7) is 3.74. The van der Waals surface area contributed by atoms with E-state index in [1.54, 1.807) is 6.07 Å². The quantitative estimate of drug-likeness (QED) is 0.299. The molecule has 3 rings (SSSR count). The van der Waals surface area contributed by atoms with Crippen LogP contribution in [0.15, 0.2) is 32.8 Å². The van der Waals surface area contributed by atoms with Crippen molar-refractivity contribution >= 4 is 23.5 Å². The molecule has 0 saturated carbocycles. The number of amidine groups is 1. The van der Waals surface area contributed by atoms with Gasteiger partial charge >= 0.3 is 0 Å². The van der Waals surface area contributed by atoms with Crippen LogP contribution in [-0.4, -0.2) is 39.1 Å². The molecule has 0 radical (unpaired) electrons. The van der Waals surface area contributed by atoms with Crippen molar-refractivity contribution in [2.75, 3.05) is 5.75 Å². The zero-order chi connectivity index (χ0) is 19.4. The van der Waals surface area contributed by atoms with E-state index in [0.29, 0.717) is 11.4 Å². The van der Waals surface area contributed by atoms with Gasteiger partial charge in [-0.1, -0.05) is 17.8 Å². The predicted molar refractivity (Wildman–Crippen MR) is 97.2 cm³/mol. The molecule has 1 unspecified atom stereocenters. The Balaban J connectivity index is 1.78. The Hall–Kier alpha value is -2.46. The Bertz CT molecular complexity index is 855. The summed E-state index contributed by atoms with van der Waals surface area (Å²) in [5.41, 5.74) is 4.03. The SMILES string of the molecule is CC(C)NC(=O)CSc1nonc1C(=NC1CCc2ccc(F)cc21)NO. The van der Waals surface area contributed by atoms with Gasteiger partial charge in [-0.05, 0) is 60.3 Å². The molecule has 1 aliphatic rings. The fourth-order valence-corrected chi connectivity index (χ4v) is 3.61. The molecule has 0 bridgehead atoms. The lowest BCUT2D eigenvalue weighted by molar-refractivity contribution is -0.119. The highest BCUT2D eigenvalue weighted by molar-refractivity contribution is 8.00. The van der Waals surface area contributed by atoms with E-state index in [9.17, 15) is 14.4 Å². The van der Waals surface area contributed by atoms with E-state index in [0.717, 1.165) is 29.3 Å². The smallest absolute Gasteiger partial charge is 0.230 e. The average Bonchev–Trinajstić information content (AvgIpc) is 3.24. The maximum Gasteiger partial charge on any atom is 0.230 e. The Labute approximate surface area is 159 Å². The second-order valence-corrected chi connectivity index (χ2v) is 7.38. The van der Waals surface area contributed by atoms with Crippen LogP contribution in [0.4, 0.5) is 4.39 Å². The van der Waals surface area contributed by atoms with Gasteiger partial charge in [0.2, 0.25) is 5.91 Å². The molecule has 1 aromatic carbocycles. The van der Waals surface area contributed by atoms with Gasteiger partial charge in [0.25, 0.3) is 0 Å². The summed E-state index contributed by atoms with van der Waals surface area (Å²) >= 11 is 1.12. The summed E-state index contributed by atoms with van der Waals surface area (Å²) in [7, 11) is 0. The first kappa shape index (κ1) is 19.3. The highest BCUT2D eigenvalue weighted by atomic mass is 32.2. The van der Waals surface area contributed by atoms with Gasteiger partial charge in [0.05, 0.1) is 11.8 Å². The van der Waals surface area contributed by atoms with Gasteiger partial charge in [0.15, 0.2) is 16.6 Å². The predicted octanol–water partition coefficient (Wildman–Crippen LogP) is 2.24. The monoisotopic (exact) mass is 393 g/mol. The summed E-state index contributed by atoms with van der Waals surface area (Å²) in [6, 6.07) is 4.35. The van der Waals surface area contributed by atoms with Crippen LogP contribution in [0.3, 0.4) is 0 Å². The molecule has 8 nitrogen and oxygen atoms in total. The van der Waals surface area contributed by atoms with E-state index in [4.69, 9.17) is 4.63 Å². The summed E-state index contributed by atoms with van der Waals surface area (Å²) in [5, 5.41) is 20.2. The van der Waals surface area contributed by atoms with E-state index in [1.807, 2.05) is 19.3 Å². The molecule has 2 aromatic rings. The third-order valence-corrected chi connectivity index (χ3v) is 4.97. The standard InChI is InChI=1S/C17H20FN5O3S/c1-9(2)19-14(24)8-27-17-15(22-26-23-17)16(21-25)20-13-6-4-10-3-5-11(18)7-12(10)13/h3,5,7,9,13,25H,4,6,8H2,1-2H3,(H,19,24)(H,20,21). The van der Waals surface area contributed by atoms with Gasteiger partial charge in [-0.25, -0.2) is 9.02 Å². The maximum absolute atomic E-state index is 13.6. The molecule has 1 atom stereocenters. The van der Waals surface area contributed by atoms with Gasteiger partial charge in [-0.3, -0.25) is 20.5 Å². The number of hydroxylamine groups is 1. The van der Waals surface area contributed by atoms with Gasteiger partial charge < -0.3 is 5.32 Å². The first-order valence-corrected chi connectivity index (χ1v) is 9.47. The number of carbonyl (C=O) groups excluding carboxylic acids is 1. The number of hydrogen-bond donors (Lipinski definition) is 3. The fourth-order valence-electron chi connectivity index (χ4n) is 2.90. The Kier molecular flexibility index (Phi) is 6.07. The van der Waals surface area contributed by atoms with Gasteiger partial charge in [-0.2, -0.15) is 0 Å². The molecule has 3 N–H and O–H groups in total. The Morgan fingerprint density at radius 1 is 1.48 bits per heavy atom. The summed E-state index contributed by atoms with van der Waals surface area (Å²) in [5.74, 6) is -0.301. The van der Waals surface area contributed by atoms with Crippen molar-refractivity contribution in [2.24, 2.45) is 4.99 Å². The number of benzene rings is 1. The molecule has 0 aliphatic heterocycles. The minimum atomic E-state index is -0.329. The molecule has 0 spiro atoms. The number of aliphatic imine (C=N–C) groups is 1. The molecule has 1 aliphatic carbocycles. The van der Waals surface area contributed by atoms with Crippen molar-refractivity contribution in [3.63, 3.8) is 0 Å². The summed E-state index contributed by atoms with van der Waals surface area (Å²) in [6.07, 6.45) is 1.46. The van der Waals surface area contributed by atoms with E-state index in [2.05, 4.69) is 20.6 Å². The van der Waals surface area contributed by atoms with Gasteiger partial charge in [0.1, 0.15) is 5.82 Å². The number of aromatic nitrogens is 2. The fraction of sp³-hybridized carbons (Fsp3) is 0.412. The van der Waals surface area contributed by atoms with Crippen molar-refractivity contribution in [1.29, 1.82) is 0 Å². The molecule has 144 valence electrons. The number of rotatable bonds is 6. The lowest BCUT2D eigenvalue weighted by Gasteiger charge is -2.10. The van der Waals surface area contributed by atoms with Gasteiger partial charge in [-0.15, -0.1) is 0 Å². The molecular weight excluding hydrogens is 373 g/mol. The van der Waals surface area contributed by atoms with Crippen LogP contribution in [0.25, 0.3) is 0 Å². The summed E-state index contributed by atoms with van der Waals surface area (Å²) < 4.78 is 18.3. The van der Waals surface area contributed by atoms with Crippen molar-refractivity contribution in [3.8, 4) is 0 Å². The van der Waals surface area contributed by atoms with E-state index in [-0.39, 0.29) is 41.1 Å². The van der Waals surface area contributed by atoms with E-state index in [1.165, 1.54) is 12.1 Å². The number of thioether (sulfide) groups is 1. The van der Waals surface area contributed by atoms with Crippen molar-refractivity contribution in [1.82, 2.24) is 21.1 Å². The third kappa shape index (κ3) is 4.64. The Morgan fingerprint density at radius 3 is 3.04 bits per heavy atom. The highest BCUT2D eigenvalue weighted by Crippen LogP contribution is 2.35. The number of halogens is 1. The normalized spacial score (nSPS) is 16.5. The molecule has 27 heavy (non-hydrogen) atoms. The minimum Gasteiger partial charge on any atom is -0.353 e. The van der Waals surface area contributed by atoms with E-state index >= 15 is 0 Å². The minimum absolute atomic E-state index is 0.0343. The first-order valence-electron chi connectivity index (χ1n) is 8.49. The van der Waals surface area contributed by atoms with Crippen molar-refractivity contribution in [2.45, 2.75) is 43.8 Å². The lowest BCUT2D eigenvalue weighted by Crippen LogP contribution is -2.31. The Morgan fingerprint density at radius 2 is 2.30 bits per heavy atom. The number of carbonyl (C=O) groups is 1.